The summed E-state index contributed by atoms with van der Waals surface area (Å²) >= 11 is 0. The van der Waals surface area contributed by atoms with Crippen LogP contribution in [-0.2, 0) is 4.79 Å². The summed E-state index contributed by atoms with van der Waals surface area (Å²) in [6, 6.07) is 1.35. The first-order chi connectivity index (χ1) is 9.12. The molecule has 1 N–H and O–H groups in total. The van der Waals surface area contributed by atoms with Gasteiger partial charge in [-0.15, -0.1) is 0 Å². The normalized spacial score (nSPS) is 41.2. The van der Waals surface area contributed by atoms with Crippen LogP contribution in [0.3, 0.4) is 0 Å². The van der Waals surface area contributed by atoms with Crippen molar-refractivity contribution < 1.29 is 4.79 Å². The Morgan fingerprint density at radius 3 is 2.42 bits per heavy atom. The van der Waals surface area contributed by atoms with Crippen LogP contribution < -0.4 is 5.32 Å². The summed E-state index contributed by atoms with van der Waals surface area (Å²) in [7, 11) is 0. The quantitative estimate of drug-likeness (QED) is 0.848. The van der Waals surface area contributed by atoms with E-state index in [9.17, 15) is 4.79 Å². The fourth-order valence-electron chi connectivity index (χ4n) is 4.46. The molecule has 19 heavy (non-hydrogen) atoms. The Kier molecular flexibility index (Phi) is 3.69. The summed E-state index contributed by atoms with van der Waals surface area (Å²) in [5.74, 6) is 1.20. The molecular weight excluding hydrogens is 236 g/mol. The Bertz CT molecular complexity index is 343. The highest BCUT2D eigenvalue weighted by molar-refractivity contribution is 5.83. The first-order valence-electron chi connectivity index (χ1n) is 8.10. The third kappa shape index (κ3) is 2.59. The second kappa shape index (κ2) is 5.17. The minimum Gasteiger partial charge on any atom is -0.312 e. The minimum atomic E-state index is 0.0795. The van der Waals surface area contributed by atoms with E-state index >= 15 is 0 Å². The lowest BCUT2D eigenvalue weighted by Gasteiger charge is -2.45. The van der Waals surface area contributed by atoms with E-state index in [1.54, 1.807) is 0 Å². The van der Waals surface area contributed by atoms with E-state index in [0.717, 1.165) is 31.3 Å². The van der Waals surface area contributed by atoms with Gasteiger partial charge < -0.3 is 5.32 Å². The maximum absolute atomic E-state index is 12.1. The minimum absolute atomic E-state index is 0.0795. The molecule has 1 atom stereocenters. The van der Waals surface area contributed by atoms with Gasteiger partial charge in [0.15, 0.2) is 0 Å². The highest BCUT2D eigenvalue weighted by Crippen LogP contribution is 2.54. The van der Waals surface area contributed by atoms with E-state index in [4.69, 9.17) is 0 Å². The zero-order valence-corrected chi connectivity index (χ0v) is 12.5. The number of nitrogens with one attached hydrogen (secondary N) is 1. The van der Waals surface area contributed by atoms with Crippen LogP contribution in [0.1, 0.15) is 52.4 Å². The van der Waals surface area contributed by atoms with Crippen molar-refractivity contribution in [2.75, 3.05) is 19.6 Å². The predicted molar refractivity (Wildman–Crippen MR) is 77.1 cm³/mol. The third-order valence-corrected chi connectivity index (χ3v) is 5.82. The largest absolute Gasteiger partial charge is 0.312 e. The van der Waals surface area contributed by atoms with Crippen molar-refractivity contribution >= 4 is 5.78 Å². The molecule has 108 valence electrons. The predicted octanol–water partition coefficient (Wildman–Crippen LogP) is 2.21. The Morgan fingerprint density at radius 2 is 1.89 bits per heavy atom. The standard InChI is InChI=1S/C16H28N2O/c1-12-11-18(10-9-17-12)15-5-7-16(8-6-15,13(2)19)14-3-4-14/h12,14-15,17H,3-11H2,1-2H3/t12-,15?,16?/m0/s1. The van der Waals surface area contributed by atoms with Crippen LogP contribution >= 0.6 is 0 Å². The van der Waals surface area contributed by atoms with Gasteiger partial charge in [-0.1, -0.05) is 0 Å². The van der Waals surface area contributed by atoms with Crippen molar-refractivity contribution in [3.8, 4) is 0 Å². The molecule has 0 aromatic carbocycles. The van der Waals surface area contributed by atoms with Crippen LogP contribution in [0.25, 0.3) is 0 Å². The van der Waals surface area contributed by atoms with E-state index in [-0.39, 0.29) is 5.41 Å². The summed E-state index contributed by atoms with van der Waals surface area (Å²) in [5.41, 5.74) is 0.0795. The number of carbonyl (C=O) groups is 1. The molecule has 0 unspecified atom stereocenters. The SMILES string of the molecule is CC(=O)C1(C2CC2)CCC(N2CCN[C@@H](C)C2)CC1. The molecule has 0 bridgehead atoms. The topological polar surface area (TPSA) is 32.3 Å². The zero-order valence-electron chi connectivity index (χ0n) is 12.5. The van der Waals surface area contributed by atoms with Crippen molar-refractivity contribution in [1.82, 2.24) is 10.2 Å². The molecule has 2 aliphatic carbocycles. The van der Waals surface area contributed by atoms with Crippen molar-refractivity contribution in [3.05, 3.63) is 0 Å². The van der Waals surface area contributed by atoms with Crippen LogP contribution in [-0.4, -0.2) is 42.4 Å². The smallest absolute Gasteiger partial charge is 0.136 e. The van der Waals surface area contributed by atoms with E-state index in [1.807, 2.05) is 6.92 Å². The average molecular weight is 264 g/mol. The average Bonchev–Trinajstić information content (AvgIpc) is 3.23. The molecular formula is C16H28N2O. The summed E-state index contributed by atoms with van der Waals surface area (Å²) in [5, 5.41) is 3.52. The Labute approximate surface area is 117 Å². The maximum Gasteiger partial charge on any atom is 0.136 e. The molecule has 1 aliphatic heterocycles. The van der Waals surface area contributed by atoms with E-state index in [1.165, 1.54) is 38.8 Å². The number of hydrogen-bond acceptors (Lipinski definition) is 3. The first kappa shape index (κ1) is 13.6. The second-order valence-corrected chi connectivity index (χ2v) is 7.07. The van der Waals surface area contributed by atoms with Gasteiger partial charge in [0, 0.05) is 37.1 Å². The highest BCUT2D eigenvalue weighted by Gasteiger charge is 2.50. The first-order valence-corrected chi connectivity index (χ1v) is 8.10. The molecule has 0 aromatic heterocycles. The van der Waals surface area contributed by atoms with Gasteiger partial charge in [-0.2, -0.15) is 0 Å². The third-order valence-electron chi connectivity index (χ3n) is 5.82. The zero-order chi connectivity index (χ0) is 13.5. The van der Waals surface area contributed by atoms with Gasteiger partial charge in [0.1, 0.15) is 5.78 Å². The number of Topliss-reactive ketones (excluding diaryl/α,β-unsaturated/α-hetero) is 1. The Morgan fingerprint density at radius 1 is 1.21 bits per heavy atom. The molecule has 0 amide bonds. The number of nitrogens with zero attached hydrogens (tertiary/aromatic N) is 1. The molecule has 0 spiro atoms. The van der Waals surface area contributed by atoms with Gasteiger partial charge in [0.2, 0.25) is 0 Å². The molecule has 0 radical (unpaired) electrons. The lowest BCUT2D eigenvalue weighted by atomic mass is 9.66. The lowest BCUT2D eigenvalue weighted by molar-refractivity contribution is -0.130. The van der Waals surface area contributed by atoms with Crippen LogP contribution in [0, 0.1) is 11.3 Å². The molecule has 3 heteroatoms. The van der Waals surface area contributed by atoms with Gasteiger partial charge in [0.25, 0.3) is 0 Å². The molecule has 1 saturated heterocycles. The van der Waals surface area contributed by atoms with Gasteiger partial charge >= 0.3 is 0 Å². The van der Waals surface area contributed by atoms with Crippen LogP contribution in [0.4, 0.5) is 0 Å². The summed E-state index contributed by atoms with van der Waals surface area (Å²) < 4.78 is 0. The second-order valence-electron chi connectivity index (χ2n) is 7.07. The molecule has 3 fully saturated rings. The summed E-state index contributed by atoms with van der Waals surface area (Å²) in [6.45, 7) is 7.61. The number of hydrogen-bond donors (Lipinski definition) is 1. The lowest BCUT2D eigenvalue weighted by Crippen LogP contribution is -2.54. The highest BCUT2D eigenvalue weighted by atomic mass is 16.1. The van der Waals surface area contributed by atoms with Crippen molar-refractivity contribution in [3.63, 3.8) is 0 Å². The number of rotatable bonds is 3. The van der Waals surface area contributed by atoms with Crippen LogP contribution in [0.15, 0.2) is 0 Å². The van der Waals surface area contributed by atoms with Gasteiger partial charge in [-0.25, -0.2) is 0 Å². The molecule has 0 aromatic rings. The number of ketones is 1. The maximum atomic E-state index is 12.1. The molecule has 1 heterocycles. The Hall–Kier alpha value is -0.410. The fraction of sp³-hybridized carbons (Fsp3) is 0.938. The molecule has 3 nitrogen and oxygen atoms in total. The van der Waals surface area contributed by atoms with Crippen molar-refractivity contribution in [2.24, 2.45) is 11.3 Å². The van der Waals surface area contributed by atoms with Crippen LogP contribution in [0.2, 0.25) is 0 Å². The van der Waals surface area contributed by atoms with Gasteiger partial charge in [-0.05, 0) is 58.3 Å². The van der Waals surface area contributed by atoms with Gasteiger partial charge in [0.05, 0.1) is 0 Å². The molecule has 3 rings (SSSR count). The summed E-state index contributed by atoms with van der Waals surface area (Å²) in [6.07, 6.45) is 7.38. The van der Waals surface area contributed by atoms with E-state index in [2.05, 4.69) is 17.1 Å². The van der Waals surface area contributed by atoms with E-state index in [0.29, 0.717) is 11.8 Å². The summed E-state index contributed by atoms with van der Waals surface area (Å²) in [4.78, 5) is 14.8. The van der Waals surface area contributed by atoms with Crippen molar-refractivity contribution in [1.29, 1.82) is 0 Å². The number of piperazine rings is 1. The molecule has 2 saturated carbocycles. The number of carbonyl (C=O) groups excluding carboxylic acids is 1. The molecule has 3 aliphatic rings. The van der Waals surface area contributed by atoms with E-state index < -0.39 is 0 Å². The monoisotopic (exact) mass is 264 g/mol. The van der Waals surface area contributed by atoms with Gasteiger partial charge in [-0.3, -0.25) is 9.69 Å². The van der Waals surface area contributed by atoms with Crippen molar-refractivity contribution in [2.45, 2.75) is 64.5 Å². The van der Waals surface area contributed by atoms with Crippen LogP contribution in [0.5, 0.6) is 0 Å². The fourth-order valence-corrected chi connectivity index (χ4v) is 4.46. The Balaban J connectivity index is 1.60.